The number of carbonyl (C=O) groups is 2. The van der Waals surface area contributed by atoms with Gasteiger partial charge in [-0.2, -0.15) is 0 Å². The van der Waals surface area contributed by atoms with E-state index in [-0.39, 0.29) is 12.5 Å². The summed E-state index contributed by atoms with van der Waals surface area (Å²) in [6, 6.07) is 12.9. The average Bonchev–Trinajstić information content (AvgIpc) is 2.89. The van der Waals surface area contributed by atoms with Gasteiger partial charge in [-0.25, -0.2) is 9.18 Å². The topological polar surface area (TPSA) is 75.4 Å². The molecule has 1 unspecified atom stereocenters. The minimum atomic E-state index is -1.40. The average molecular weight is 369 g/mol. The zero-order chi connectivity index (χ0) is 19.4. The number of hydrogen-bond acceptors (Lipinski definition) is 2. The van der Waals surface area contributed by atoms with Crippen LogP contribution in [-0.4, -0.2) is 18.5 Å². The monoisotopic (exact) mass is 369 g/mol. The van der Waals surface area contributed by atoms with Crippen molar-refractivity contribution in [2.24, 2.45) is 5.73 Å². The Labute approximate surface area is 158 Å². The molecule has 1 aliphatic heterocycles. The van der Waals surface area contributed by atoms with Gasteiger partial charge in [0.25, 0.3) is 0 Å². The van der Waals surface area contributed by atoms with Crippen molar-refractivity contribution in [2.75, 3.05) is 11.4 Å². The molecule has 0 saturated heterocycles. The van der Waals surface area contributed by atoms with Crippen molar-refractivity contribution >= 4 is 17.6 Å². The smallest absolute Gasteiger partial charge is 0.323 e. The minimum Gasteiger partial charge on any atom is -0.367 e. The van der Waals surface area contributed by atoms with E-state index in [0.29, 0.717) is 12.1 Å². The Bertz CT molecular complexity index is 838. The zero-order valence-electron chi connectivity index (χ0n) is 15.4. The van der Waals surface area contributed by atoms with Crippen LogP contribution in [0.15, 0.2) is 48.5 Å². The molecule has 6 heteroatoms. The maximum Gasteiger partial charge on any atom is 0.323 e. The van der Waals surface area contributed by atoms with Gasteiger partial charge in [0.15, 0.2) is 0 Å². The van der Waals surface area contributed by atoms with Crippen molar-refractivity contribution in [3.05, 3.63) is 65.5 Å². The number of primary amides is 1. The zero-order valence-corrected chi connectivity index (χ0v) is 15.4. The molecule has 3 N–H and O–H groups in total. The summed E-state index contributed by atoms with van der Waals surface area (Å²) in [6.45, 7) is 2.33. The van der Waals surface area contributed by atoms with Crippen LogP contribution in [0.25, 0.3) is 0 Å². The molecule has 0 bridgehead atoms. The van der Waals surface area contributed by atoms with Crippen LogP contribution < -0.4 is 16.0 Å². The van der Waals surface area contributed by atoms with E-state index in [1.807, 2.05) is 24.3 Å². The molecule has 2 aromatic rings. The molecule has 3 amide bonds. The molecule has 0 aromatic heterocycles. The third-order valence-electron chi connectivity index (χ3n) is 5.21. The summed E-state index contributed by atoms with van der Waals surface area (Å²) in [5.74, 6) is -1.09. The summed E-state index contributed by atoms with van der Waals surface area (Å²) in [6.07, 6.45) is 3.03. The van der Waals surface area contributed by atoms with Crippen molar-refractivity contribution in [3.63, 3.8) is 0 Å². The molecule has 1 atom stereocenters. The number of nitrogens with one attached hydrogen (secondary N) is 1. The number of rotatable bonds is 4. The molecule has 0 saturated carbocycles. The van der Waals surface area contributed by atoms with E-state index in [0.717, 1.165) is 30.5 Å². The molecule has 1 heterocycles. The lowest BCUT2D eigenvalue weighted by atomic mass is 9.86. The number of halogens is 1. The SMILES string of the molecule is CCC(NC(=O)N1CCCCc2ccccc21)(C(N)=O)c1ccc(F)cc1. The Morgan fingerprint density at radius 1 is 1.15 bits per heavy atom. The fourth-order valence-electron chi connectivity index (χ4n) is 3.63. The van der Waals surface area contributed by atoms with Gasteiger partial charge < -0.3 is 11.1 Å². The number of anilines is 1. The number of aryl methyl sites for hydroxylation is 1. The van der Waals surface area contributed by atoms with Crippen molar-refractivity contribution in [3.8, 4) is 0 Å². The van der Waals surface area contributed by atoms with Crippen LogP contribution in [0.5, 0.6) is 0 Å². The van der Waals surface area contributed by atoms with E-state index in [4.69, 9.17) is 5.73 Å². The third kappa shape index (κ3) is 3.65. The van der Waals surface area contributed by atoms with Gasteiger partial charge in [-0.05, 0) is 55.0 Å². The summed E-state index contributed by atoms with van der Waals surface area (Å²) in [4.78, 5) is 27.2. The van der Waals surface area contributed by atoms with E-state index in [2.05, 4.69) is 5.32 Å². The molecule has 1 aliphatic rings. The van der Waals surface area contributed by atoms with Crippen LogP contribution in [0.4, 0.5) is 14.9 Å². The standard InChI is InChI=1S/C21H24FN3O2/c1-2-21(19(23)26,16-10-12-17(22)13-11-16)24-20(27)25-14-6-5-8-15-7-3-4-9-18(15)25/h3-4,7,9-13H,2,5-6,8,14H2,1H3,(H2,23,26)(H,24,27). The molecule has 0 aliphatic carbocycles. The molecule has 142 valence electrons. The summed E-state index contributed by atoms with van der Waals surface area (Å²) in [5.41, 5.74) is 6.71. The molecule has 5 nitrogen and oxygen atoms in total. The maximum absolute atomic E-state index is 13.3. The van der Waals surface area contributed by atoms with Crippen molar-refractivity contribution in [1.29, 1.82) is 0 Å². The Morgan fingerprint density at radius 2 is 1.85 bits per heavy atom. The number of hydrogen-bond donors (Lipinski definition) is 2. The minimum absolute atomic E-state index is 0.259. The fourth-order valence-corrected chi connectivity index (χ4v) is 3.63. The molecule has 0 fully saturated rings. The highest BCUT2D eigenvalue weighted by Crippen LogP contribution is 2.29. The van der Waals surface area contributed by atoms with Gasteiger partial charge in [0.2, 0.25) is 5.91 Å². The van der Waals surface area contributed by atoms with Gasteiger partial charge in [0.05, 0.1) is 0 Å². The lowest BCUT2D eigenvalue weighted by Gasteiger charge is -2.34. The molecule has 3 rings (SSSR count). The van der Waals surface area contributed by atoms with Gasteiger partial charge in [0.1, 0.15) is 11.4 Å². The second kappa shape index (κ2) is 7.78. The molecule has 27 heavy (non-hydrogen) atoms. The van der Waals surface area contributed by atoms with Crippen LogP contribution in [0.3, 0.4) is 0 Å². The molecular formula is C21H24FN3O2. The molecular weight excluding hydrogens is 345 g/mol. The largest absolute Gasteiger partial charge is 0.367 e. The van der Waals surface area contributed by atoms with E-state index in [1.54, 1.807) is 11.8 Å². The second-order valence-corrected chi connectivity index (χ2v) is 6.80. The first-order chi connectivity index (χ1) is 13.0. The van der Waals surface area contributed by atoms with Crippen molar-refractivity contribution < 1.29 is 14.0 Å². The van der Waals surface area contributed by atoms with Crippen LogP contribution in [0, 0.1) is 5.82 Å². The van der Waals surface area contributed by atoms with Gasteiger partial charge in [-0.3, -0.25) is 9.69 Å². The summed E-state index contributed by atoms with van der Waals surface area (Å²) >= 11 is 0. The first kappa shape index (κ1) is 18.9. The highest BCUT2D eigenvalue weighted by Gasteiger charge is 2.40. The summed E-state index contributed by atoms with van der Waals surface area (Å²) in [7, 11) is 0. The van der Waals surface area contributed by atoms with Crippen LogP contribution >= 0.6 is 0 Å². The number of carbonyl (C=O) groups excluding carboxylic acids is 2. The summed E-state index contributed by atoms with van der Waals surface area (Å²) < 4.78 is 13.3. The quantitative estimate of drug-likeness (QED) is 0.866. The first-order valence-electron chi connectivity index (χ1n) is 9.21. The van der Waals surface area contributed by atoms with Crippen LogP contribution in [-0.2, 0) is 16.8 Å². The second-order valence-electron chi connectivity index (χ2n) is 6.80. The predicted octanol–water partition coefficient (Wildman–Crippen LogP) is 3.47. The van der Waals surface area contributed by atoms with E-state index in [1.165, 1.54) is 24.3 Å². The van der Waals surface area contributed by atoms with Crippen LogP contribution in [0.2, 0.25) is 0 Å². The lowest BCUT2D eigenvalue weighted by Crippen LogP contribution is -2.58. The number of fused-ring (bicyclic) bond motifs is 1. The maximum atomic E-state index is 13.3. The van der Waals surface area contributed by atoms with Gasteiger partial charge in [-0.15, -0.1) is 0 Å². The lowest BCUT2D eigenvalue weighted by molar-refractivity contribution is -0.124. The third-order valence-corrected chi connectivity index (χ3v) is 5.21. The number of para-hydroxylation sites is 1. The summed E-state index contributed by atoms with van der Waals surface area (Å²) in [5, 5.41) is 2.84. The molecule has 2 aromatic carbocycles. The number of benzene rings is 2. The predicted molar refractivity (Wildman–Crippen MR) is 103 cm³/mol. The number of amides is 3. The highest BCUT2D eigenvalue weighted by atomic mass is 19.1. The van der Waals surface area contributed by atoms with Crippen LogP contribution in [0.1, 0.15) is 37.3 Å². The van der Waals surface area contributed by atoms with E-state index >= 15 is 0 Å². The Morgan fingerprint density at radius 3 is 2.52 bits per heavy atom. The van der Waals surface area contributed by atoms with Gasteiger partial charge in [-0.1, -0.05) is 37.3 Å². The number of nitrogens with zero attached hydrogens (tertiary/aromatic N) is 1. The van der Waals surface area contributed by atoms with E-state index in [9.17, 15) is 14.0 Å². The van der Waals surface area contributed by atoms with Gasteiger partial charge >= 0.3 is 6.03 Å². The Balaban J connectivity index is 1.96. The Kier molecular flexibility index (Phi) is 5.44. The molecule has 0 spiro atoms. The van der Waals surface area contributed by atoms with Crippen molar-refractivity contribution in [1.82, 2.24) is 5.32 Å². The molecule has 0 radical (unpaired) electrons. The van der Waals surface area contributed by atoms with E-state index < -0.39 is 17.3 Å². The normalized spacial score (nSPS) is 16.0. The number of urea groups is 1. The van der Waals surface area contributed by atoms with Crippen molar-refractivity contribution in [2.45, 2.75) is 38.1 Å². The first-order valence-corrected chi connectivity index (χ1v) is 9.21. The Hall–Kier alpha value is -2.89. The number of nitrogens with two attached hydrogens (primary N) is 1. The van der Waals surface area contributed by atoms with Gasteiger partial charge in [0, 0.05) is 12.2 Å². The fraction of sp³-hybridized carbons (Fsp3) is 0.333. The highest BCUT2D eigenvalue weighted by molar-refractivity contribution is 5.98.